The van der Waals surface area contributed by atoms with Gasteiger partial charge in [-0.3, -0.25) is 4.79 Å². The van der Waals surface area contributed by atoms with Crippen LogP contribution in [0.4, 0.5) is 9.28 Å². The van der Waals surface area contributed by atoms with Gasteiger partial charge >= 0.3 is 12.0 Å². The number of likely N-dealkylation sites (tertiary alicyclic amines) is 1. The number of hydrogen-bond donors (Lipinski definition) is 0. The van der Waals surface area contributed by atoms with Gasteiger partial charge in [-0.1, -0.05) is 4.48 Å². The van der Waals surface area contributed by atoms with Crippen LogP contribution in [0.3, 0.4) is 0 Å². The van der Waals surface area contributed by atoms with E-state index in [1.54, 1.807) is 4.90 Å². The summed E-state index contributed by atoms with van der Waals surface area (Å²) in [4.78, 5) is 24.8. The molecule has 0 spiro atoms. The highest BCUT2D eigenvalue weighted by Crippen LogP contribution is 2.29. The zero-order valence-electron chi connectivity index (χ0n) is 11.3. The standard InChI is InChI=1S/C13H21FN2O3/c1-19-12(17)10-4-6-11(7-5-10)16(14)13(18)15-8-2-3-9-15/h10-11H,2-9H2,1H3. The van der Waals surface area contributed by atoms with Crippen LogP contribution in [0.15, 0.2) is 0 Å². The highest BCUT2D eigenvalue weighted by atomic mass is 19.2. The van der Waals surface area contributed by atoms with Crippen LogP contribution in [0, 0.1) is 5.92 Å². The molecule has 19 heavy (non-hydrogen) atoms. The molecule has 108 valence electrons. The van der Waals surface area contributed by atoms with Crippen LogP contribution >= 0.6 is 0 Å². The van der Waals surface area contributed by atoms with Crippen molar-refractivity contribution in [1.29, 1.82) is 0 Å². The Hall–Kier alpha value is -1.33. The summed E-state index contributed by atoms with van der Waals surface area (Å²) in [6, 6.07) is -0.909. The molecule has 1 aliphatic carbocycles. The van der Waals surface area contributed by atoms with E-state index >= 15 is 0 Å². The first-order chi connectivity index (χ1) is 9.13. The summed E-state index contributed by atoms with van der Waals surface area (Å²) in [5.74, 6) is -0.369. The molecule has 0 bridgehead atoms. The summed E-state index contributed by atoms with van der Waals surface area (Å²) in [5, 5.41) is 0.374. The normalized spacial score (nSPS) is 27.2. The first-order valence-electron chi connectivity index (χ1n) is 6.95. The quantitative estimate of drug-likeness (QED) is 0.571. The van der Waals surface area contributed by atoms with Gasteiger partial charge in [0.05, 0.1) is 19.1 Å². The lowest BCUT2D eigenvalue weighted by Crippen LogP contribution is -2.44. The fraction of sp³-hybridized carbons (Fsp3) is 0.846. The summed E-state index contributed by atoms with van der Waals surface area (Å²) in [5.41, 5.74) is 0. The Morgan fingerprint density at radius 1 is 1.16 bits per heavy atom. The smallest absolute Gasteiger partial charge is 0.348 e. The number of urea groups is 1. The van der Waals surface area contributed by atoms with Gasteiger partial charge in [-0.05, 0) is 38.5 Å². The number of amides is 2. The van der Waals surface area contributed by atoms with E-state index in [0.29, 0.717) is 43.9 Å². The third-order valence-electron chi connectivity index (χ3n) is 4.11. The minimum atomic E-state index is -0.515. The largest absolute Gasteiger partial charge is 0.469 e. The average Bonchev–Trinajstić information content (AvgIpc) is 2.99. The van der Waals surface area contributed by atoms with Crippen LogP contribution in [0.25, 0.3) is 0 Å². The molecule has 2 rings (SSSR count). The number of methoxy groups -OCH3 is 1. The van der Waals surface area contributed by atoms with E-state index in [-0.39, 0.29) is 11.9 Å². The Bertz CT molecular complexity index is 337. The van der Waals surface area contributed by atoms with Gasteiger partial charge in [-0.15, -0.1) is 0 Å². The Kier molecular flexibility index (Phi) is 4.61. The molecule has 2 aliphatic rings. The molecule has 6 heteroatoms. The van der Waals surface area contributed by atoms with E-state index in [0.717, 1.165) is 12.8 Å². The van der Waals surface area contributed by atoms with Crippen LogP contribution < -0.4 is 0 Å². The van der Waals surface area contributed by atoms with Crippen LogP contribution in [0.2, 0.25) is 0 Å². The second-order valence-corrected chi connectivity index (χ2v) is 5.32. The van der Waals surface area contributed by atoms with Crippen LogP contribution in [-0.2, 0) is 9.53 Å². The van der Waals surface area contributed by atoms with Gasteiger partial charge in [-0.2, -0.15) is 5.12 Å². The minimum absolute atomic E-state index is 0.142. The summed E-state index contributed by atoms with van der Waals surface area (Å²) in [6.07, 6.45) is 4.13. The monoisotopic (exact) mass is 272 g/mol. The van der Waals surface area contributed by atoms with Crippen molar-refractivity contribution in [2.75, 3.05) is 20.2 Å². The molecule has 0 atom stereocenters. The third kappa shape index (κ3) is 3.16. The molecule has 5 nitrogen and oxygen atoms in total. The second kappa shape index (κ2) is 6.21. The average molecular weight is 272 g/mol. The number of esters is 1. The zero-order chi connectivity index (χ0) is 13.8. The van der Waals surface area contributed by atoms with Gasteiger partial charge in [0.1, 0.15) is 0 Å². The van der Waals surface area contributed by atoms with E-state index < -0.39 is 12.1 Å². The first kappa shape index (κ1) is 14.1. The maximum atomic E-state index is 14.1. The van der Waals surface area contributed by atoms with Crippen LogP contribution in [0.1, 0.15) is 38.5 Å². The number of carbonyl (C=O) groups is 2. The molecular formula is C13H21FN2O3. The summed E-state index contributed by atoms with van der Waals surface area (Å²) >= 11 is 0. The van der Waals surface area contributed by atoms with Crippen LogP contribution in [0.5, 0.6) is 0 Å². The number of rotatable bonds is 2. The van der Waals surface area contributed by atoms with E-state index in [9.17, 15) is 14.1 Å². The third-order valence-corrected chi connectivity index (χ3v) is 4.11. The first-order valence-corrected chi connectivity index (χ1v) is 6.95. The predicted molar refractivity (Wildman–Crippen MR) is 66.9 cm³/mol. The SMILES string of the molecule is COC(=O)C1CCC(N(F)C(=O)N2CCCC2)CC1. The lowest BCUT2D eigenvalue weighted by atomic mass is 9.86. The molecule has 1 heterocycles. The maximum Gasteiger partial charge on any atom is 0.348 e. The summed E-state index contributed by atoms with van der Waals surface area (Å²) in [7, 11) is 1.37. The summed E-state index contributed by atoms with van der Waals surface area (Å²) < 4.78 is 18.8. The van der Waals surface area contributed by atoms with Crippen molar-refractivity contribution in [3.05, 3.63) is 0 Å². The number of carbonyl (C=O) groups excluding carboxylic acids is 2. The molecular weight excluding hydrogens is 251 g/mol. The van der Waals surface area contributed by atoms with Crippen molar-refractivity contribution in [2.24, 2.45) is 5.92 Å². The Morgan fingerprint density at radius 2 is 1.74 bits per heavy atom. The molecule has 0 N–H and O–H groups in total. The van der Waals surface area contributed by atoms with Crippen molar-refractivity contribution in [2.45, 2.75) is 44.6 Å². The van der Waals surface area contributed by atoms with Gasteiger partial charge in [0.15, 0.2) is 0 Å². The van der Waals surface area contributed by atoms with Gasteiger partial charge in [-0.25, -0.2) is 4.79 Å². The highest BCUT2D eigenvalue weighted by Gasteiger charge is 2.34. The van der Waals surface area contributed by atoms with E-state index in [1.165, 1.54) is 7.11 Å². The highest BCUT2D eigenvalue weighted by molar-refractivity contribution is 5.74. The summed E-state index contributed by atoms with van der Waals surface area (Å²) in [6.45, 7) is 1.30. The lowest BCUT2D eigenvalue weighted by molar-refractivity contribution is -0.147. The number of halogens is 1. The number of nitrogens with zero attached hydrogens (tertiary/aromatic N) is 2. The van der Waals surface area contributed by atoms with E-state index in [4.69, 9.17) is 4.74 Å². The zero-order valence-corrected chi connectivity index (χ0v) is 11.3. The lowest BCUT2D eigenvalue weighted by Gasteiger charge is -2.32. The predicted octanol–water partition coefficient (Wildman–Crippen LogP) is 2.12. The van der Waals surface area contributed by atoms with Gasteiger partial charge in [0.2, 0.25) is 0 Å². The number of hydrogen-bond acceptors (Lipinski definition) is 3. The fourth-order valence-electron chi connectivity index (χ4n) is 2.90. The molecule has 0 aromatic heterocycles. The van der Waals surface area contributed by atoms with Crippen molar-refractivity contribution < 1.29 is 18.8 Å². The molecule has 1 saturated carbocycles. The van der Waals surface area contributed by atoms with Crippen molar-refractivity contribution >= 4 is 12.0 Å². The molecule has 2 amide bonds. The van der Waals surface area contributed by atoms with Crippen molar-refractivity contribution in [3.8, 4) is 0 Å². The molecule has 0 aromatic carbocycles. The molecule has 0 unspecified atom stereocenters. The molecule has 1 saturated heterocycles. The van der Waals surface area contributed by atoms with Crippen molar-refractivity contribution in [3.63, 3.8) is 0 Å². The second-order valence-electron chi connectivity index (χ2n) is 5.32. The van der Waals surface area contributed by atoms with E-state index in [1.807, 2.05) is 0 Å². The minimum Gasteiger partial charge on any atom is -0.469 e. The molecule has 2 fully saturated rings. The molecule has 0 aromatic rings. The Morgan fingerprint density at radius 3 is 2.26 bits per heavy atom. The Labute approximate surface area is 112 Å². The number of ether oxygens (including phenoxy) is 1. The molecule has 0 radical (unpaired) electrons. The maximum absolute atomic E-state index is 14.1. The fourth-order valence-corrected chi connectivity index (χ4v) is 2.90. The topological polar surface area (TPSA) is 49.9 Å². The van der Waals surface area contributed by atoms with Gasteiger partial charge in [0.25, 0.3) is 0 Å². The van der Waals surface area contributed by atoms with Crippen molar-refractivity contribution in [1.82, 2.24) is 10.0 Å². The van der Waals surface area contributed by atoms with E-state index in [2.05, 4.69) is 0 Å². The van der Waals surface area contributed by atoms with Crippen LogP contribution in [-0.4, -0.2) is 48.3 Å². The van der Waals surface area contributed by atoms with Gasteiger partial charge in [0, 0.05) is 13.1 Å². The molecule has 1 aliphatic heterocycles. The Balaban J connectivity index is 1.83. The van der Waals surface area contributed by atoms with Gasteiger partial charge < -0.3 is 9.64 Å².